The van der Waals surface area contributed by atoms with E-state index in [-0.39, 0.29) is 11.4 Å². The van der Waals surface area contributed by atoms with E-state index in [9.17, 15) is 9.18 Å². The maximum Gasteiger partial charge on any atom is 0.207 e. The highest BCUT2D eigenvalue weighted by Gasteiger charge is 2.34. The van der Waals surface area contributed by atoms with Crippen LogP contribution in [0.15, 0.2) is 24.3 Å². The fraction of sp³-hybridized carbons (Fsp3) is 0.417. The maximum atomic E-state index is 12.8. The van der Waals surface area contributed by atoms with E-state index in [1.807, 2.05) is 0 Å². The van der Waals surface area contributed by atoms with Gasteiger partial charge in [0, 0.05) is 0 Å². The Labute approximate surface area is 88.5 Å². The number of amides is 1. The van der Waals surface area contributed by atoms with Crippen molar-refractivity contribution < 1.29 is 9.18 Å². The fourth-order valence-electron chi connectivity index (χ4n) is 2.38. The third kappa shape index (κ3) is 1.87. The predicted octanol–water partition coefficient (Wildman–Crippen LogP) is 2.34. The minimum atomic E-state index is -0.255. The Kier molecular flexibility index (Phi) is 2.71. The minimum Gasteiger partial charge on any atom is -0.349 e. The van der Waals surface area contributed by atoms with Gasteiger partial charge in [-0.1, -0.05) is 25.0 Å². The number of hydrogen-bond donors (Lipinski definition) is 1. The number of carbonyl (C=O) groups is 1. The zero-order chi connectivity index (χ0) is 10.7. The van der Waals surface area contributed by atoms with Gasteiger partial charge in [-0.25, -0.2) is 4.39 Å². The molecule has 0 unspecified atom stereocenters. The lowest BCUT2D eigenvalue weighted by molar-refractivity contribution is -0.111. The summed E-state index contributed by atoms with van der Waals surface area (Å²) in [5, 5.41) is 2.89. The van der Waals surface area contributed by atoms with E-state index in [2.05, 4.69) is 5.32 Å². The molecule has 80 valence electrons. The smallest absolute Gasteiger partial charge is 0.207 e. The lowest BCUT2D eigenvalue weighted by atomic mass is 9.88. The van der Waals surface area contributed by atoms with Gasteiger partial charge in [-0.3, -0.25) is 4.79 Å². The van der Waals surface area contributed by atoms with Gasteiger partial charge in [0.15, 0.2) is 0 Å². The average molecular weight is 207 g/mol. The second-order valence-electron chi connectivity index (χ2n) is 4.06. The highest BCUT2D eigenvalue weighted by Crippen LogP contribution is 2.38. The van der Waals surface area contributed by atoms with Gasteiger partial charge in [-0.05, 0) is 30.5 Å². The monoisotopic (exact) mass is 207 g/mol. The molecule has 1 aromatic rings. The van der Waals surface area contributed by atoms with E-state index in [0.717, 1.165) is 37.7 Å². The van der Waals surface area contributed by atoms with Gasteiger partial charge in [0.2, 0.25) is 6.41 Å². The summed E-state index contributed by atoms with van der Waals surface area (Å²) < 4.78 is 12.8. The molecule has 1 amide bonds. The molecule has 2 rings (SSSR count). The summed E-state index contributed by atoms with van der Waals surface area (Å²) >= 11 is 0. The molecule has 15 heavy (non-hydrogen) atoms. The minimum absolute atomic E-state index is 0.238. The topological polar surface area (TPSA) is 29.1 Å². The Morgan fingerprint density at radius 3 is 2.33 bits per heavy atom. The SMILES string of the molecule is O=CNC1(c2ccc(F)cc2)CCCC1. The van der Waals surface area contributed by atoms with Crippen LogP contribution in [0, 0.1) is 5.82 Å². The molecular weight excluding hydrogens is 193 g/mol. The lowest BCUT2D eigenvalue weighted by Gasteiger charge is -2.28. The van der Waals surface area contributed by atoms with Crippen LogP contribution in [0.4, 0.5) is 4.39 Å². The van der Waals surface area contributed by atoms with Crippen LogP contribution < -0.4 is 5.32 Å². The molecule has 0 saturated heterocycles. The van der Waals surface area contributed by atoms with Crippen LogP contribution in [0.5, 0.6) is 0 Å². The molecule has 1 fully saturated rings. The van der Waals surface area contributed by atoms with Crippen molar-refractivity contribution in [3.8, 4) is 0 Å². The normalized spacial score (nSPS) is 18.7. The van der Waals surface area contributed by atoms with Crippen molar-refractivity contribution in [1.82, 2.24) is 5.32 Å². The van der Waals surface area contributed by atoms with Gasteiger partial charge in [-0.15, -0.1) is 0 Å². The number of halogens is 1. The molecule has 0 aliphatic heterocycles. The average Bonchev–Trinajstić information content (AvgIpc) is 2.69. The summed E-state index contributed by atoms with van der Waals surface area (Å²) in [6.07, 6.45) is 4.85. The molecule has 0 heterocycles. The Morgan fingerprint density at radius 2 is 1.80 bits per heavy atom. The summed E-state index contributed by atoms with van der Waals surface area (Å²) in [5.74, 6) is -0.238. The molecule has 1 aromatic carbocycles. The number of benzene rings is 1. The summed E-state index contributed by atoms with van der Waals surface area (Å²) in [4.78, 5) is 10.6. The van der Waals surface area contributed by atoms with Gasteiger partial charge < -0.3 is 5.32 Å². The van der Waals surface area contributed by atoms with Gasteiger partial charge in [0.1, 0.15) is 5.82 Å². The van der Waals surface area contributed by atoms with E-state index in [4.69, 9.17) is 0 Å². The predicted molar refractivity (Wildman–Crippen MR) is 55.7 cm³/mol. The first-order chi connectivity index (χ1) is 7.27. The van der Waals surface area contributed by atoms with Crippen molar-refractivity contribution in [2.45, 2.75) is 31.2 Å². The van der Waals surface area contributed by atoms with Crippen LogP contribution in [0.3, 0.4) is 0 Å². The van der Waals surface area contributed by atoms with Crippen molar-refractivity contribution in [3.05, 3.63) is 35.6 Å². The number of carbonyl (C=O) groups excluding carboxylic acids is 1. The zero-order valence-electron chi connectivity index (χ0n) is 8.50. The van der Waals surface area contributed by atoms with Crippen molar-refractivity contribution >= 4 is 6.41 Å². The van der Waals surface area contributed by atoms with Crippen LogP contribution >= 0.6 is 0 Å². The number of rotatable bonds is 3. The number of nitrogens with one attached hydrogen (secondary N) is 1. The molecule has 1 aliphatic rings. The Balaban J connectivity index is 2.31. The molecule has 1 aliphatic carbocycles. The van der Waals surface area contributed by atoms with Crippen molar-refractivity contribution in [2.24, 2.45) is 0 Å². The molecule has 3 heteroatoms. The molecule has 0 atom stereocenters. The Hall–Kier alpha value is -1.38. The zero-order valence-corrected chi connectivity index (χ0v) is 8.50. The highest BCUT2D eigenvalue weighted by atomic mass is 19.1. The van der Waals surface area contributed by atoms with Crippen LogP contribution in [0.2, 0.25) is 0 Å². The molecule has 0 aromatic heterocycles. The number of hydrogen-bond acceptors (Lipinski definition) is 1. The van der Waals surface area contributed by atoms with Crippen LogP contribution in [-0.4, -0.2) is 6.41 Å². The molecule has 1 N–H and O–H groups in total. The Bertz CT molecular complexity index is 341. The molecular formula is C12H14FNO. The van der Waals surface area contributed by atoms with Gasteiger partial charge >= 0.3 is 0 Å². The molecule has 2 nitrogen and oxygen atoms in total. The van der Waals surface area contributed by atoms with E-state index >= 15 is 0 Å². The quantitative estimate of drug-likeness (QED) is 0.757. The summed E-state index contributed by atoms with van der Waals surface area (Å²) in [7, 11) is 0. The largest absolute Gasteiger partial charge is 0.349 e. The lowest BCUT2D eigenvalue weighted by Crippen LogP contribution is -2.38. The van der Waals surface area contributed by atoms with E-state index in [0.29, 0.717) is 0 Å². The third-order valence-electron chi connectivity index (χ3n) is 3.19. The maximum absolute atomic E-state index is 12.8. The van der Waals surface area contributed by atoms with Gasteiger partial charge in [-0.2, -0.15) is 0 Å². The molecule has 0 spiro atoms. The second-order valence-corrected chi connectivity index (χ2v) is 4.06. The van der Waals surface area contributed by atoms with Crippen molar-refractivity contribution in [2.75, 3.05) is 0 Å². The highest BCUT2D eigenvalue weighted by molar-refractivity contribution is 5.50. The first-order valence-electron chi connectivity index (χ1n) is 5.24. The van der Waals surface area contributed by atoms with E-state index < -0.39 is 0 Å². The molecule has 0 bridgehead atoms. The molecule has 0 radical (unpaired) electrons. The van der Waals surface area contributed by atoms with Crippen molar-refractivity contribution in [1.29, 1.82) is 0 Å². The fourth-order valence-corrected chi connectivity index (χ4v) is 2.38. The second kappa shape index (κ2) is 4.01. The van der Waals surface area contributed by atoms with E-state index in [1.165, 1.54) is 12.1 Å². The van der Waals surface area contributed by atoms with Crippen LogP contribution in [-0.2, 0) is 10.3 Å². The van der Waals surface area contributed by atoms with Gasteiger partial charge in [0.05, 0.1) is 5.54 Å². The summed E-state index contributed by atoms with van der Waals surface area (Å²) in [6, 6.07) is 6.41. The van der Waals surface area contributed by atoms with Crippen LogP contribution in [0.25, 0.3) is 0 Å². The summed E-state index contributed by atoms with van der Waals surface area (Å²) in [6.45, 7) is 0. The van der Waals surface area contributed by atoms with Crippen molar-refractivity contribution in [3.63, 3.8) is 0 Å². The summed E-state index contributed by atoms with van der Waals surface area (Å²) in [5.41, 5.74) is 0.753. The first-order valence-corrected chi connectivity index (χ1v) is 5.24. The van der Waals surface area contributed by atoms with E-state index in [1.54, 1.807) is 12.1 Å². The third-order valence-corrected chi connectivity index (χ3v) is 3.19. The van der Waals surface area contributed by atoms with Crippen LogP contribution in [0.1, 0.15) is 31.2 Å². The van der Waals surface area contributed by atoms with Gasteiger partial charge in [0.25, 0.3) is 0 Å². The molecule has 1 saturated carbocycles. The standard InChI is InChI=1S/C12H14FNO/c13-11-5-3-10(4-6-11)12(14-9-15)7-1-2-8-12/h3-6,9H,1-2,7-8H2,(H,14,15). The first kappa shape index (κ1) is 10.1. The Morgan fingerprint density at radius 1 is 1.20 bits per heavy atom.